The molecule has 3 heterocycles. The van der Waals surface area contributed by atoms with E-state index in [1.807, 2.05) is 0 Å². The summed E-state index contributed by atoms with van der Waals surface area (Å²) < 4.78 is 1.15. The molecule has 1 spiro atoms. The van der Waals surface area contributed by atoms with Crippen molar-refractivity contribution in [3.8, 4) is 22.3 Å². The molecule has 280 valence electrons. The van der Waals surface area contributed by atoms with Gasteiger partial charge in [0.15, 0.2) is 0 Å². The van der Waals surface area contributed by atoms with Gasteiger partial charge >= 0.3 is 0 Å². The Morgan fingerprint density at radius 2 is 1.29 bits per heavy atom. The van der Waals surface area contributed by atoms with Crippen molar-refractivity contribution < 1.29 is 0 Å². The summed E-state index contributed by atoms with van der Waals surface area (Å²) in [5, 5.41) is 13.3. The average Bonchev–Trinajstić information content (AvgIpc) is 4.01. The fourth-order valence-electron chi connectivity index (χ4n) is 10.3. The van der Waals surface area contributed by atoms with Gasteiger partial charge in [0.05, 0.1) is 27.4 Å². The van der Waals surface area contributed by atoms with Crippen LogP contribution in [0.25, 0.3) is 32.3 Å². The molecule has 6 nitrogen and oxygen atoms in total. The second kappa shape index (κ2) is 12.7. The van der Waals surface area contributed by atoms with Crippen LogP contribution >= 0.6 is 11.3 Å². The second-order valence-electron chi connectivity index (χ2n) is 15.7. The molecular weight excluding hydrogens is 729 g/mol. The lowest BCUT2D eigenvalue weighted by Gasteiger charge is -2.32. The minimum atomic E-state index is -0.508. The molecule has 7 heteroatoms. The molecular formula is C51H40N6S. The summed E-state index contributed by atoms with van der Waals surface area (Å²) in [6, 6.07) is 59.6. The number of amidine groups is 1. The molecule has 4 aliphatic rings. The Kier molecular flexibility index (Phi) is 7.31. The molecule has 1 aromatic heterocycles. The van der Waals surface area contributed by atoms with Crippen LogP contribution in [-0.4, -0.2) is 12.0 Å². The van der Waals surface area contributed by atoms with E-state index >= 15 is 0 Å². The van der Waals surface area contributed by atoms with Crippen LogP contribution in [0.1, 0.15) is 64.6 Å². The van der Waals surface area contributed by atoms with Crippen molar-refractivity contribution in [2.24, 2.45) is 4.99 Å². The number of thiophene rings is 1. The average molecular weight is 769 g/mol. The summed E-state index contributed by atoms with van der Waals surface area (Å²) in [5.74, 6) is 0.805. The first-order chi connectivity index (χ1) is 28.6. The van der Waals surface area contributed by atoms with Crippen molar-refractivity contribution >= 4 is 49.3 Å². The minimum Gasteiger partial charge on any atom is -0.390 e. The van der Waals surface area contributed by atoms with Gasteiger partial charge in [-0.3, -0.25) is 5.32 Å². The molecule has 2 aliphatic heterocycles. The molecule has 0 saturated carbocycles. The maximum atomic E-state index is 7.17. The van der Waals surface area contributed by atoms with Gasteiger partial charge < -0.3 is 21.3 Å². The van der Waals surface area contributed by atoms with Gasteiger partial charge in [0, 0.05) is 15.8 Å². The van der Waals surface area contributed by atoms with Crippen molar-refractivity contribution in [2.75, 3.05) is 16.0 Å². The van der Waals surface area contributed by atoms with E-state index in [4.69, 9.17) is 10.7 Å². The molecule has 5 N–H and O–H groups in total. The number of hydrogen-bond acceptors (Lipinski definition) is 7. The van der Waals surface area contributed by atoms with E-state index in [0.29, 0.717) is 0 Å². The Bertz CT molecular complexity index is 2970. The molecule has 7 aromatic carbocycles. The summed E-state index contributed by atoms with van der Waals surface area (Å²) in [6.45, 7) is 2.25. The molecule has 12 rings (SSSR count). The van der Waals surface area contributed by atoms with E-state index in [1.54, 1.807) is 11.3 Å². The zero-order valence-electron chi connectivity index (χ0n) is 31.9. The predicted octanol–water partition coefficient (Wildman–Crippen LogP) is 11.5. The number of hydrogen-bond donors (Lipinski definition) is 4. The van der Waals surface area contributed by atoms with E-state index in [0.717, 1.165) is 44.0 Å². The maximum absolute atomic E-state index is 7.17. The predicted molar refractivity (Wildman–Crippen MR) is 240 cm³/mol. The third-order valence-electron chi connectivity index (χ3n) is 12.7. The Labute approximate surface area is 341 Å². The van der Waals surface area contributed by atoms with Gasteiger partial charge in [-0.05, 0) is 92.4 Å². The number of para-hydroxylation sites is 2. The van der Waals surface area contributed by atoms with Crippen LogP contribution in [0, 0.1) is 0 Å². The first-order valence-corrected chi connectivity index (χ1v) is 21.0. The van der Waals surface area contributed by atoms with Gasteiger partial charge in [-0.25, -0.2) is 4.99 Å². The molecule has 4 unspecified atom stereocenters. The molecule has 0 bridgehead atoms. The van der Waals surface area contributed by atoms with E-state index in [-0.39, 0.29) is 18.5 Å². The summed E-state index contributed by atoms with van der Waals surface area (Å²) in [6.07, 6.45) is 0.722. The fourth-order valence-corrected chi connectivity index (χ4v) is 11.3. The monoisotopic (exact) mass is 768 g/mol. The summed E-state index contributed by atoms with van der Waals surface area (Å²) in [4.78, 5) is 7.89. The van der Waals surface area contributed by atoms with Crippen LogP contribution in [-0.2, 0) is 5.41 Å². The smallest absolute Gasteiger partial charge is 0.135 e. The third-order valence-corrected chi connectivity index (χ3v) is 13.7. The normalized spacial score (nSPS) is 20.8. The van der Waals surface area contributed by atoms with Gasteiger partial charge in [-0.1, -0.05) is 140 Å². The Morgan fingerprint density at radius 1 is 0.638 bits per heavy atom. The second-order valence-corrected chi connectivity index (χ2v) is 16.8. The quantitative estimate of drug-likeness (QED) is 0.140. The highest BCUT2D eigenvalue weighted by Crippen LogP contribution is 2.65. The summed E-state index contributed by atoms with van der Waals surface area (Å²) >= 11 is 1.65. The van der Waals surface area contributed by atoms with E-state index < -0.39 is 5.41 Å². The van der Waals surface area contributed by atoms with Crippen LogP contribution in [0.4, 0.5) is 22.1 Å². The van der Waals surface area contributed by atoms with Crippen LogP contribution in [0.5, 0.6) is 0 Å². The summed E-state index contributed by atoms with van der Waals surface area (Å²) in [5.41, 5.74) is 23.7. The van der Waals surface area contributed by atoms with Crippen LogP contribution in [0.2, 0.25) is 0 Å². The lowest BCUT2D eigenvalue weighted by molar-refractivity contribution is 0.409. The Morgan fingerprint density at radius 3 is 2.09 bits per heavy atom. The maximum Gasteiger partial charge on any atom is 0.135 e. The number of benzene rings is 7. The summed E-state index contributed by atoms with van der Waals surface area (Å²) in [7, 11) is 0. The topological polar surface area (TPSA) is 77.7 Å². The van der Waals surface area contributed by atoms with Gasteiger partial charge in [0.25, 0.3) is 0 Å². The molecule has 0 amide bonds. The van der Waals surface area contributed by atoms with E-state index in [9.17, 15) is 0 Å². The van der Waals surface area contributed by atoms with Crippen molar-refractivity contribution in [1.82, 2.24) is 10.6 Å². The minimum absolute atomic E-state index is 0.170. The number of nitrogens with zero attached hydrogens (tertiary/aromatic N) is 2. The van der Waals surface area contributed by atoms with Crippen molar-refractivity contribution in [3.05, 3.63) is 203 Å². The number of aliphatic imine (C=N–C) groups is 1. The molecule has 2 aliphatic carbocycles. The van der Waals surface area contributed by atoms with E-state index in [1.165, 1.54) is 61.6 Å². The van der Waals surface area contributed by atoms with Gasteiger partial charge in [0.2, 0.25) is 0 Å². The molecule has 0 radical (unpaired) electrons. The number of nitrogens with two attached hydrogens (primary N) is 1. The number of fused-ring (bicyclic) bond motifs is 13. The third kappa shape index (κ3) is 4.60. The zero-order valence-corrected chi connectivity index (χ0v) is 32.7. The van der Waals surface area contributed by atoms with Gasteiger partial charge in [-0.15, -0.1) is 11.3 Å². The number of anilines is 4. The number of nitrogens with one attached hydrogen (secondary N) is 3. The largest absolute Gasteiger partial charge is 0.390 e. The first kappa shape index (κ1) is 33.5. The lowest BCUT2D eigenvalue weighted by atomic mass is 9.70. The highest BCUT2D eigenvalue weighted by molar-refractivity contribution is 7.23. The SMILES string of the molecule is CCC1Nc2ccccc2N1c1ccc2c(c1)-c1ccccc1C21c2ccccc2-c2c1ccc1sc(N)c(C3=NC(c4ccccc4)NC(c4ccccc4)N3)c21. The van der Waals surface area contributed by atoms with Crippen molar-refractivity contribution in [3.63, 3.8) is 0 Å². The van der Waals surface area contributed by atoms with Gasteiger partial charge in [-0.2, -0.15) is 0 Å². The molecule has 8 aromatic rings. The van der Waals surface area contributed by atoms with Crippen molar-refractivity contribution in [2.45, 2.75) is 37.3 Å². The van der Waals surface area contributed by atoms with E-state index in [2.05, 4.69) is 192 Å². The number of nitrogen functional groups attached to an aromatic ring is 1. The molecule has 58 heavy (non-hydrogen) atoms. The standard InChI is InChI=1S/C51H40N6S/c1-2-43-53-40-23-13-14-24-41(40)57(43)32-25-26-38-35(29-32)33-19-9-11-21-36(33)51(38)37-22-12-10-20-34(37)44-39(51)27-28-42-45(44)46(47(52)58-42)50-55-48(30-15-5-3-6-16-30)54-49(56-50)31-17-7-4-8-18-31/h3-29,43,48-49,53-54H,2,52H2,1H3,(H,55,56). The van der Waals surface area contributed by atoms with Crippen LogP contribution < -0.4 is 26.6 Å². The van der Waals surface area contributed by atoms with Crippen LogP contribution in [0.15, 0.2) is 169 Å². The Hall–Kier alpha value is -6.67. The first-order valence-electron chi connectivity index (χ1n) is 20.2. The van der Waals surface area contributed by atoms with Crippen molar-refractivity contribution in [1.29, 1.82) is 0 Å². The molecule has 4 atom stereocenters. The highest BCUT2D eigenvalue weighted by Gasteiger charge is 2.52. The number of rotatable bonds is 5. The highest BCUT2D eigenvalue weighted by atomic mass is 32.1. The Balaban J connectivity index is 1.09. The molecule has 0 fully saturated rings. The van der Waals surface area contributed by atoms with Gasteiger partial charge in [0.1, 0.15) is 24.3 Å². The zero-order chi connectivity index (χ0) is 38.5. The lowest BCUT2D eigenvalue weighted by Crippen LogP contribution is -2.45. The van der Waals surface area contributed by atoms with Crippen LogP contribution in [0.3, 0.4) is 0 Å². The molecule has 0 saturated heterocycles. The fraction of sp³-hybridized carbons (Fsp3) is 0.118.